The first-order valence-electron chi connectivity index (χ1n) is 7.29. The Morgan fingerprint density at radius 1 is 1.52 bits per heavy atom. The molecule has 1 aliphatic heterocycles. The number of anilines is 1. The van der Waals surface area contributed by atoms with Gasteiger partial charge in [0.25, 0.3) is 10.2 Å². The first-order valence-corrected chi connectivity index (χ1v) is 8.69. The number of morpholine rings is 1. The van der Waals surface area contributed by atoms with Crippen LogP contribution in [0.5, 0.6) is 0 Å². The predicted molar refractivity (Wildman–Crippen MR) is 85.3 cm³/mol. The van der Waals surface area contributed by atoms with Gasteiger partial charge in [-0.2, -0.15) is 17.0 Å². The Balaban J connectivity index is 2.22. The highest BCUT2D eigenvalue weighted by Gasteiger charge is 2.37. The van der Waals surface area contributed by atoms with Gasteiger partial charge in [0.15, 0.2) is 5.82 Å². The van der Waals surface area contributed by atoms with Gasteiger partial charge in [-0.05, 0) is 6.07 Å². The highest BCUT2D eigenvalue weighted by molar-refractivity contribution is 7.86. The fraction of sp³-hybridized carbons (Fsp3) is 0.692. The second-order valence-electron chi connectivity index (χ2n) is 5.21. The zero-order chi connectivity index (χ0) is 16.9. The zero-order valence-electron chi connectivity index (χ0n) is 13.6. The van der Waals surface area contributed by atoms with Crippen molar-refractivity contribution in [2.45, 2.75) is 6.04 Å². The summed E-state index contributed by atoms with van der Waals surface area (Å²) >= 11 is 0. The number of methoxy groups -OCH3 is 1. The standard InChI is InChI=1S/C13H23N5O4S/c1-17(2)23(19,20)18-7-9-22-10-11(18)13-15-5-4-12(16-13)14-6-8-21-3/h4-5,11H,6-10H2,1-3H3,(H,14,15,16)/t11-/m1/s1. The molecule has 0 aliphatic carbocycles. The zero-order valence-corrected chi connectivity index (χ0v) is 14.4. The van der Waals surface area contributed by atoms with Crippen LogP contribution in [0.25, 0.3) is 0 Å². The van der Waals surface area contributed by atoms with Crippen LogP contribution in [0.15, 0.2) is 12.3 Å². The van der Waals surface area contributed by atoms with Crippen LogP contribution in [0.4, 0.5) is 5.82 Å². The van der Waals surface area contributed by atoms with Gasteiger partial charge in [-0.3, -0.25) is 0 Å². The molecule has 0 aromatic carbocycles. The summed E-state index contributed by atoms with van der Waals surface area (Å²) in [6, 6.07) is 1.19. The SMILES string of the molecule is COCCNc1ccnc([C@H]2COCCN2S(=O)(=O)N(C)C)n1. The summed E-state index contributed by atoms with van der Waals surface area (Å²) in [5.41, 5.74) is 0. The van der Waals surface area contributed by atoms with Gasteiger partial charge in [-0.1, -0.05) is 0 Å². The Labute approximate surface area is 136 Å². The lowest BCUT2D eigenvalue weighted by molar-refractivity contribution is 0.0269. The first-order chi connectivity index (χ1) is 11.0. The molecule has 1 saturated heterocycles. The molecule has 23 heavy (non-hydrogen) atoms. The Hall–Kier alpha value is -1.33. The molecule has 0 unspecified atom stereocenters. The van der Waals surface area contributed by atoms with Crippen molar-refractivity contribution in [2.75, 3.05) is 59.4 Å². The smallest absolute Gasteiger partial charge is 0.282 e. The number of aromatic nitrogens is 2. The van der Waals surface area contributed by atoms with Gasteiger partial charge in [-0.25, -0.2) is 9.97 Å². The normalized spacial score (nSPS) is 19.9. The summed E-state index contributed by atoms with van der Waals surface area (Å²) in [5.74, 6) is 1.04. The summed E-state index contributed by atoms with van der Waals surface area (Å²) in [5, 5.41) is 3.11. The van der Waals surface area contributed by atoms with Crippen LogP contribution < -0.4 is 5.32 Å². The van der Waals surface area contributed by atoms with Crippen molar-refractivity contribution in [2.24, 2.45) is 0 Å². The summed E-state index contributed by atoms with van der Waals surface area (Å²) in [4.78, 5) is 8.64. The minimum atomic E-state index is -3.56. The van der Waals surface area contributed by atoms with Crippen molar-refractivity contribution in [1.29, 1.82) is 0 Å². The van der Waals surface area contributed by atoms with Crippen LogP contribution >= 0.6 is 0 Å². The molecule has 130 valence electrons. The average Bonchev–Trinajstić information content (AvgIpc) is 2.55. The summed E-state index contributed by atoms with van der Waals surface area (Å²) in [7, 11) is 1.07. The van der Waals surface area contributed by atoms with E-state index in [1.54, 1.807) is 19.4 Å². The second kappa shape index (κ2) is 7.97. The van der Waals surface area contributed by atoms with Crippen molar-refractivity contribution >= 4 is 16.0 Å². The quantitative estimate of drug-likeness (QED) is 0.679. The third kappa shape index (κ3) is 4.36. The molecule has 1 atom stereocenters. The molecule has 0 radical (unpaired) electrons. The maximum absolute atomic E-state index is 12.5. The van der Waals surface area contributed by atoms with E-state index >= 15 is 0 Å². The van der Waals surface area contributed by atoms with E-state index < -0.39 is 16.3 Å². The number of ether oxygens (including phenoxy) is 2. The van der Waals surface area contributed by atoms with Crippen molar-refractivity contribution in [3.63, 3.8) is 0 Å². The molecular weight excluding hydrogens is 322 g/mol. The van der Waals surface area contributed by atoms with Gasteiger partial charge < -0.3 is 14.8 Å². The number of hydrogen-bond acceptors (Lipinski definition) is 7. The Kier molecular flexibility index (Phi) is 6.25. The van der Waals surface area contributed by atoms with E-state index in [1.165, 1.54) is 22.7 Å². The third-order valence-corrected chi connectivity index (χ3v) is 5.37. The van der Waals surface area contributed by atoms with Crippen LogP contribution in [0.2, 0.25) is 0 Å². The topological polar surface area (TPSA) is 96.9 Å². The van der Waals surface area contributed by atoms with Gasteiger partial charge in [-0.15, -0.1) is 0 Å². The molecule has 1 aliphatic rings. The average molecular weight is 345 g/mol. The van der Waals surface area contributed by atoms with E-state index in [4.69, 9.17) is 9.47 Å². The van der Waals surface area contributed by atoms with Crippen molar-refractivity contribution in [1.82, 2.24) is 18.6 Å². The maximum atomic E-state index is 12.5. The van der Waals surface area contributed by atoms with Crippen molar-refractivity contribution in [3.8, 4) is 0 Å². The molecule has 0 bridgehead atoms. The molecule has 0 amide bonds. The molecule has 10 heteroatoms. The molecule has 0 spiro atoms. The molecule has 0 saturated carbocycles. The van der Waals surface area contributed by atoms with Crippen molar-refractivity contribution in [3.05, 3.63) is 18.1 Å². The Morgan fingerprint density at radius 3 is 3.00 bits per heavy atom. The van der Waals surface area contributed by atoms with Crippen LogP contribution in [-0.2, 0) is 19.7 Å². The van der Waals surface area contributed by atoms with Crippen LogP contribution in [0, 0.1) is 0 Å². The highest BCUT2D eigenvalue weighted by atomic mass is 32.2. The van der Waals surface area contributed by atoms with E-state index in [-0.39, 0.29) is 13.2 Å². The molecule has 1 aromatic heterocycles. The lowest BCUT2D eigenvalue weighted by atomic mass is 10.2. The molecule has 1 N–H and O–H groups in total. The summed E-state index contributed by atoms with van der Waals surface area (Å²) < 4.78 is 37.9. The number of hydrogen-bond donors (Lipinski definition) is 1. The van der Waals surface area contributed by atoms with E-state index in [1.807, 2.05) is 0 Å². The fourth-order valence-corrected chi connectivity index (χ4v) is 3.39. The van der Waals surface area contributed by atoms with E-state index in [0.717, 1.165) is 0 Å². The molecular formula is C13H23N5O4S. The second-order valence-corrected chi connectivity index (χ2v) is 7.31. The number of nitrogens with zero attached hydrogens (tertiary/aromatic N) is 4. The fourth-order valence-electron chi connectivity index (χ4n) is 2.19. The summed E-state index contributed by atoms with van der Waals surface area (Å²) in [6.07, 6.45) is 1.60. The largest absolute Gasteiger partial charge is 0.383 e. The van der Waals surface area contributed by atoms with Gasteiger partial charge in [0.2, 0.25) is 0 Å². The monoisotopic (exact) mass is 345 g/mol. The first kappa shape index (κ1) is 18.0. The Morgan fingerprint density at radius 2 is 2.30 bits per heavy atom. The van der Waals surface area contributed by atoms with Gasteiger partial charge >= 0.3 is 0 Å². The van der Waals surface area contributed by atoms with Gasteiger partial charge in [0.1, 0.15) is 11.9 Å². The van der Waals surface area contributed by atoms with E-state index in [9.17, 15) is 8.42 Å². The number of rotatable bonds is 7. The molecule has 2 rings (SSSR count). The third-order valence-electron chi connectivity index (χ3n) is 3.42. The lowest BCUT2D eigenvalue weighted by Crippen LogP contribution is -2.48. The van der Waals surface area contributed by atoms with E-state index in [2.05, 4.69) is 15.3 Å². The lowest BCUT2D eigenvalue weighted by Gasteiger charge is -2.35. The predicted octanol–water partition coefficient (Wildman–Crippen LogP) is -0.285. The molecule has 1 aromatic rings. The van der Waals surface area contributed by atoms with Gasteiger partial charge in [0.05, 0.1) is 19.8 Å². The highest BCUT2D eigenvalue weighted by Crippen LogP contribution is 2.26. The minimum absolute atomic E-state index is 0.231. The summed E-state index contributed by atoms with van der Waals surface area (Å²) in [6.45, 7) is 2.01. The molecule has 9 nitrogen and oxygen atoms in total. The number of nitrogens with one attached hydrogen (secondary N) is 1. The minimum Gasteiger partial charge on any atom is -0.383 e. The maximum Gasteiger partial charge on any atom is 0.282 e. The van der Waals surface area contributed by atoms with E-state index in [0.29, 0.717) is 31.4 Å². The van der Waals surface area contributed by atoms with Crippen LogP contribution in [0.1, 0.15) is 11.9 Å². The van der Waals surface area contributed by atoms with Crippen LogP contribution in [-0.4, -0.2) is 81.1 Å². The molecule has 2 heterocycles. The molecule has 1 fully saturated rings. The Bertz CT molecular complexity index is 610. The van der Waals surface area contributed by atoms with Gasteiger partial charge in [0, 0.05) is 40.5 Å². The van der Waals surface area contributed by atoms with Crippen LogP contribution in [0.3, 0.4) is 0 Å². The van der Waals surface area contributed by atoms with Crippen molar-refractivity contribution < 1.29 is 17.9 Å².